The van der Waals surface area contributed by atoms with E-state index in [0.29, 0.717) is 52.7 Å². The molecule has 9 N–H and O–H groups in total. The van der Waals surface area contributed by atoms with Crippen LogP contribution < -0.4 is 62.6 Å². The summed E-state index contributed by atoms with van der Waals surface area (Å²) in [4.78, 5) is 156. The van der Waals surface area contributed by atoms with Crippen LogP contribution in [0.4, 0.5) is 18.0 Å². The average molecular weight is 2160 g/mol. The van der Waals surface area contributed by atoms with E-state index < -0.39 is 201 Å². The monoisotopic (exact) mass is 2160 g/mol. The third kappa shape index (κ3) is 30.8. The van der Waals surface area contributed by atoms with Gasteiger partial charge in [0.2, 0.25) is 11.7 Å². The zero-order valence-corrected chi connectivity index (χ0v) is 85.8. The Morgan fingerprint density at radius 3 is 1.16 bits per heavy atom. The van der Waals surface area contributed by atoms with Crippen molar-refractivity contribution in [3.8, 4) is 17.2 Å². The number of alkyl halides is 3. The number of halogens is 4. The van der Waals surface area contributed by atoms with Gasteiger partial charge in [0.05, 0.1) is 5.92 Å². The molecule has 149 heavy (non-hydrogen) atoms. The average Bonchev–Trinajstić information content (AvgIpc) is 1.56. The zero-order valence-electron chi connectivity index (χ0n) is 82.3. The van der Waals surface area contributed by atoms with Crippen molar-refractivity contribution >= 4 is 69.6 Å². The maximum absolute atomic E-state index is 17.1. The number of nitrogens with one attached hydrogen (secondary N) is 6. The third-order valence-corrected chi connectivity index (χ3v) is 30.3. The number of para-hydroxylation sites is 3. The van der Waals surface area contributed by atoms with Crippen molar-refractivity contribution in [3.63, 3.8) is 0 Å². The molecule has 9 aromatic rings. The van der Waals surface area contributed by atoms with E-state index in [4.69, 9.17) is 81.2 Å². The number of carbonyl (C=O) groups excluding carboxylic acids is 6. The number of H-pyrrole nitrogens is 3. The van der Waals surface area contributed by atoms with E-state index in [2.05, 4.69) is 20.2 Å². The van der Waals surface area contributed by atoms with Crippen molar-refractivity contribution in [3.05, 3.63) is 298 Å². The Balaban J connectivity index is 0.000000182. The zero-order chi connectivity index (χ0) is 108. The maximum Gasteiger partial charge on any atom is 0.509 e. The molecule has 3 aliphatic carbocycles. The summed E-state index contributed by atoms with van der Waals surface area (Å²) in [6, 6.07) is 50.0. The number of hydrogen-bond donors (Lipinski definition) is 9. The second-order valence-corrected chi connectivity index (χ2v) is 43.0. The first-order valence-electron chi connectivity index (χ1n) is 48.1. The fourth-order valence-electron chi connectivity index (χ4n) is 17.2. The standard InChI is InChI=1S/C34H41FN3O11P.C26H25FN2O8.C25H33FN3O10P.C15H21ClNO4P/c1-23(29(40)46-26-15-9-5-10-16-26)37-50(43,49-27-17-11-6-12-18-27)45-22-34(35)24(2)33(3,30(47-34)38-20-19-28(39)36-31(38)41)48-32(42)44-21-25-13-7-4-8-14-25;1-25(23(33)36-15-18-10-6-3-7-11-18)20(21(32)35-14-17-8-4-2-5-9-17)26(27,16-30)37-22(25)29-13-12-19(31)28-24(29)34;1-16(20(31)37-17-9-5-3-6-10-17)28-40(35,39-18-11-7-4-8-12-18)36-15-25(26)21(32)24(2,34)22(38-25)29-14-13-19(30)27-23(29)33;1-12(15(18)20-13-8-4-2-5-9-13)17-22(16,19)21-14-10-6-3-7-11-14/h4,6-8,11-14,17-20,23-24,26,30H,5,9-10,15-16,21-22H2,1-3H3,(H,37,43)(H,36,39,41);2-13,20,22,30H,14-16H2,1H3,(H,28,31,34);4,7-8,11-14,16-17,21-22,32,34H,3,5-6,9-10,15H2,1-2H3,(H,28,35)(H,27,30,33);3,6-7,10-13H,2,4-5,8-9H2,1H3,(H,17,19)/t23-,24+,30-,33-,34-,50?;20-,22+,25+,26+;16-,21+,22-,24-,25-,40?;12-,22?/m1011/s1. The van der Waals surface area contributed by atoms with Gasteiger partial charge in [-0.25, -0.2) is 51.1 Å². The lowest BCUT2D eigenvalue weighted by atomic mass is 9.74. The highest BCUT2D eigenvalue weighted by Crippen LogP contribution is 2.59. The van der Waals surface area contributed by atoms with E-state index in [1.165, 1.54) is 65.3 Å². The number of aliphatic hydroxyl groups is 3. The van der Waals surface area contributed by atoms with Crippen molar-refractivity contribution in [2.75, 3.05) is 19.8 Å². The highest BCUT2D eigenvalue weighted by Gasteiger charge is 2.72. The number of aliphatic hydroxyl groups excluding tert-OH is 2. The van der Waals surface area contributed by atoms with Gasteiger partial charge in [-0.3, -0.25) is 76.1 Å². The van der Waals surface area contributed by atoms with Crippen LogP contribution in [0.15, 0.2) is 248 Å². The lowest BCUT2D eigenvalue weighted by Crippen LogP contribution is -2.50. The van der Waals surface area contributed by atoms with Crippen LogP contribution >= 0.6 is 33.6 Å². The fourth-order valence-corrected chi connectivity index (χ4v) is 21.9. The van der Waals surface area contributed by atoms with Crippen molar-refractivity contribution in [1.29, 1.82) is 0 Å². The summed E-state index contributed by atoms with van der Waals surface area (Å²) in [5.41, 5.74) is -9.88. The molecule has 6 aromatic carbocycles. The highest BCUT2D eigenvalue weighted by molar-refractivity contribution is 7.84. The molecule has 6 aliphatic rings. The molecule has 0 radical (unpaired) electrons. The number of nitrogens with zero attached hydrogens (tertiary/aromatic N) is 3. The number of aromatic nitrogens is 6. The summed E-state index contributed by atoms with van der Waals surface area (Å²) in [5.74, 6) is -16.2. The van der Waals surface area contributed by atoms with E-state index in [1.54, 1.807) is 159 Å². The highest BCUT2D eigenvalue weighted by atomic mass is 35.7. The molecule has 0 amide bonds. The molecule has 3 saturated heterocycles. The van der Waals surface area contributed by atoms with Gasteiger partial charge < -0.3 is 76.3 Å². The van der Waals surface area contributed by atoms with E-state index >= 15 is 13.2 Å². The minimum Gasteiger partial charge on any atom is -0.461 e. The van der Waals surface area contributed by atoms with Gasteiger partial charge in [0.1, 0.15) is 116 Å². The molecule has 0 bridgehead atoms. The largest absolute Gasteiger partial charge is 0.509 e. The van der Waals surface area contributed by atoms with Crippen LogP contribution in [0.3, 0.4) is 0 Å². The second-order valence-electron chi connectivity index (χ2n) is 36.9. The molecule has 0 spiro atoms. The number of hydrogen-bond acceptors (Lipinski definition) is 33. The summed E-state index contributed by atoms with van der Waals surface area (Å²) in [6.45, 7) is 1.30. The van der Waals surface area contributed by atoms with Crippen LogP contribution in [0.25, 0.3) is 0 Å². The number of aromatic amines is 3. The van der Waals surface area contributed by atoms with Crippen LogP contribution in [-0.4, -0.2) is 171 Å². The molecular formula is C100H120ClF3N9O33P3. The van der Waals surface area contributed by atoms with Gasteiger partial charge in [-0.15, -0.1) is 0 Å². The molecular weight excluding hydrogens is 2040 g/mol. The van der Waals surface area contributed by atoms with Gasteiger partial charge in [-0.05, 0) is 172 Å². The molecule has 49 heteroatoms. The van der Waals surface area contributed by atoms with Crippen molar-refractivity contribution in [1.82, 2.24) is 43.9 Å². The molecule has 3 aromatic heterocycles. The molecule has 15 rings (SSSR count). The van der Waals surface area contributed by atoms with E-state index in [1.807, 2.05) is 16.0 Å². The quantitative estimate of drug-likeness (QED) is 0.00992. The number of ether oxygens (including phenoxy) is 10. The van der Waals surface area contributed by atoms with Gasteiger partial charge in [0, 0.05) is 48.0 Å². The Kier molecular flexibility index (Phi) is 39.9. The number of rotatable bonds is 37. The summed E-state index contributed by atoms with van der Waals surface area (Å²) in [7, 11) is -9.12. The van der Waals surface area contributed by atoms with Crippen molar-refractivity contribution < 1.29 is 141 Å². The molecule has 3 unspecified atom stereocenters. The fraction of sp³-hybridized carbons (Fsp3) is 0.460. The number of carbonyl (C=O) groups is 6. The van der Waals surface area contributed by atoms with E-state index in [-0.39, 0.29) is 49.6 Å². The Bertz CT molecular complexity index is 6540. The minimum absolute atomic E-state index is 0.0461. The molecule has 42 nitrogen and oxygen atoms in total. The van der Waals surface area contributed by atoms with Crippen LogP contribution in [0, 0.1) is 17.3 Å². The molecule has 6 fully saturated rings. The van der Waals surface area contributed by atoms with Crippen molar-refractivity contribution in [2.45, 2.75) is 255 Å². The van der Waals surface area contributed by atoms with Crippen LogP contribution in [-0.2, 0) is 114 Å². The van der Waals surface area contributed by atoms with Gasteiger partial charge in [-0.1, -0.05) is 172 Å². The van der Waals surface area contributed by atoms with E-state index in [9.17, 15) is 86.5 Å². The van der Waals surface area contributed by atoms with E-state index in [0.717, 1.165) is 117 Å². The molecule has 18 atom stereocenters. The Morgan fingerprint density at radius 2 is 0.779 bits per heavy atom. The first-order valence-corrected chi connectivity index (χ1v) is 53.7. The van der Waals surface area contributed by atoms with Gasteiger partial charge in [0.25, 0.3) is 22.5 Å². The third-order valence-electron chi connectivity index (χ3n) is 25.5. The lowest BCUT2D eigenvalue weighted by molar-refractivity contribution is -0.204. The Labute approximate surface area is 857 Å². The second kappa shape index (κ2) is 51.5. The first kappa shape index (κ1) is 115. The Hall–Kier alpha value is -12.3. The van der Waals surface area contributed by atoms with Crippen molar-refractivity contribution in [2.24, 2.45) is 17.3 Å². The maximum atomic E-state index is 17.1. The van der Waals surface area contributed by atoms with Gasteiger partial charge >= 0.3 is 75.4 Å². The molecule has 6 heterocycles. The number of esters is 5. The molecule has 3 saturated carbocycles. The van der Waals surface area contributed by atoms with Crippen LogP contribution in [0.2, 0.25) is 0 Å². The smallest absolute Gasteiger partial charge is 0.461 e. The summed E-state index contributed by atoms with van der Waals surface area (Å²) < 4.78 is 174. The van der Waals surface area contributed by atoms with Crippen LogP contribution in [0.5, 0.6) is 17.2 Å². The minimum atomic E-state index is -4.57. The summed E-state index contributed by atoms with van der Waals surface area (Å²) in [6.07, 6.45) is 7.49. The summed E-state index contributed by atoms with van der Waals surface area (Å²) in [5, 5.41) is 38.9. The molecule has 806 valence electrons. The summed E-state index contributed by atoms with van der Waals surface area (Å²) >= 11 is 5.87. The van der Waals surface area contributed by atoms with Gasteiger partial charge in [0.15, 0.2) is 24.3 Å². The van der Waals surface area contributed by atoms with Crippen LogP contribution in [0.1, 0.15) is 180 Å². The number of benzene rings is 6. The van der Waals surface area contributed by atoms with Gasteiger partial charge in [-0.2, -0.15) is 10.2 Å². The molecule has 3 aliphatic heterocycles. The first-order chi connectivity index (χ1) is 70.8. The SMILES string of the molecule is C[C@@H](NP(=O)(Cl)Oc1ccccc1)C(=O)OC1CCCCC1.C[C@@H](NP(=O)(OC[C@@]1(F)O[C@@H](n2ccc(=O)[nH]c2=O)[C@](C)(O)[C@@H]1O)Oc1ccccc1)C(=O)OC1CCCCC1.C[C@@H](NP(=O)(OC[C@@]1(F)O[C@@H](n2ccc(=O)[nH]c2=O)[C@](C)(OC(=O)OCc2ccccc2)[C@@H]1C)Oc1ccccc1)C(=O)OC1CCCCC1.C[C@]1(C(=O)OCc2ccccc2)[C@H](n2ccc(=O)[nH]c2=O)O[C@](F)(CO)[C@H]1C(=O)OCc1ccccc1. The predicted octanol–water partition coefficient (Wildman–Crippen LogP) is 13.5. The topological polar surface area (TPSA) is 553 Å². The lowest BCUT2D eigenvalue weighted by Gasteiger charge is -2.33. The normalized spacial score (nSPS) is 25.6. The predicted molar refractivity (Wildman–Crippen MR) is 527 cm³/mol. The Morgan fingerprint density at radius 1 is 0.450 bits per heavy atom.